The van der Waals surface area contributed by atoms with Crippen molar-refractivity contribution < 1.29 is 23.1 Å². The van der Waals surface area contributed by atoms with Gasteiger partial charge in [-0.05, 0) is 62.2 Å². The highest BCUT2D eigenvalue weighted by molar-refractivity contribution is 8.00. The Balaban J connectivity index is 1.54. The van der Waals surface area contributed by atoms with E-state index < -0.39 is 17.8 Å². The number of nitrogens with zero attached hydrogens (tertiary/aromatic N) is 2. The molecule has 2 saturated heterocycles. The monoisotopic (exact) mass is 507 g/mol. The molecule has 2 aliphatic heterocycles. The number of benzene rings is 2. The molecule has 11 heteroatoms. The molecule has 7 nitrogen and oxygen atoms in total. The molecule has 35 heavy (non-hydrogen) atoms. The van der Waals surface area contributed by atoms with Gasteiger partial charge >= 0.3 is 6.18 Å². The molecule has 188 valence electrons. The van der Waals surface area contributed by atoms with Gasteiger partial charge in [-0.2, -0.15) is 13.2 Å². The van der Waals surface area contributed by atoms with E-state index in [-0.39, 0.29) is 29.0 Å². The molecule has 0 bridgehead atoms. The number of nitrogens with one attached hydrogen (secondary N) is 3. The van der Waals surface area contributed by atoms with Crippen molar-refractivity contribution in [2.75, 3.05) is 29.1 Å². The summed E-state index contributed by atoms with van der Waals surface area (Å²) in [6.45, 7) is 3.47. The highest BCUT2D eigenvalue weighted by Crippen LogP contribution is 2.31. The molecule has 2 atom stereocenters. The number of aliphatic hydroxyl groups is 1. The lowest BCUT2D eigenvalue weighted by Crippen LogP contribution is -2.47. The topological polar surface area (TPSA) is 89.0 Å². The molecule has 2 aliphatic rings. The molecule has 2 heterocycles. The van der Waals surface area contributed by atoms with Crippen LogP contribution in [-0.4, -0.2) is 53.3 Å². The van der Waals surface area contributed by atoms with Crippen molar-refractivity contribution in [1.82, 2.24) is 10.6 Å². The SMILES string of the molecule is CC1NC(C(=O)NC(=Nc2ccc(N3CCC(O)CC3)cc2)Nc2cccc(C(F)(F)F)c2)CS1. The molecule has 2 unspecified atom stereocenters. The van der Waals surface area contributed by atoms with Crippen molar-refractivity contribution in [1.29, 1.82) is 0 Å². The number of aliphatic hydroxyl groups excluding tert-OH is 1. The Hall–Kier alpha value is -2.76. The van der Waals surface area contributed by atoms with E-state index in [1.165, 1.54) is 12.1 Å². The number of carbonyl (C=O) groups excluding carboxylic acids is 1. The lowest BCUT2D eigenvalue weighted by Gasteiger charge is -2.31. The van der Waals surface area contributed by atoms with Gasteiger partial charge in [0.1, 0.15) is 0 Å². The van der Waals surface area contributed by atoms with Crippen LogP contribution in [-0.2, 0) is 11.0 Å². The molecule has 0 saturated carbocycles. The lowest BCUT2D eigenvalue weighted by molar-refractivity contribution is -0.137. The summed E-state index contributed by atoms with van der Waals surface area (Å²) >= 11 is 1.61. The zero-order valence-electron chi connectivity index (χ0n) is 19.2. The van der Waals surface area contributed by atoms with Crippen LogP contribution in [0.3, 0.4) is 0 Å². The van der Waals surface area contributed by atoms with Gasteiger partial charge in [0.2, 0.25) is 11.9 Å². The zero-order chi connectivity index (χ0) is 25.0. The summed E-state index contributed by atoms with van der Waals surface area (Å²) < 4.78 is 39.5. The van der Waals surface area contributed by atoms with E-state index in [9.17, 15) is 23.1 Å². The Kier molecular flexibility index (Phi) is 7.88. The number of alkyl halides is 3. The molecule has 4 N–H and O–H groups in total. The van der Waals surface area contributed by atoms with Gasteiger partial charge in [-0.3, -0.25) is 15.4 Å². The molecule has 0 spiro atoms. The molecule has 4 rings (SSSR count). The van der Waals surface area contributed by atoms with Crippen molar-refractivity contribution >= 4 is 40.7 Å². The van der Waals surface area contributed by atoms with Crippen LogP contribution in [0.2, 0.25) is 0 Å². The smallest absolute Gasteiger partial charge is 0.393 e. The molecular formula is C24H28F3N5O2S. The molecule has 0 radical (unpaired) electrons. The minimum Gasteiger partial charge on any atom is -0.393 e. The summed E-state index contributed by atoms with van der Waals surface area (Å²) in [5.41, 5.74) is 0.882. The third kappa shape index (κ3) is 6.89. The van der Waals surface area contributed by atoms with E-state index in [2.05, 4.69) is 25.8 Å². The van der Waals surface area contributed by atoms with Gasteiger partial charge in [-0.15, -0.1) is 11.8 Å². The van der Waals surface area contributed by atoms with Crippen molar-refractivity contribution in [2.45, 2.75) is 43.5 Å². The second-order valence-electron chi connectivity index (χ2n) is 8.58. The molecule has 2 aromatic carbocycles. The standard InChI is InChI=1S/C24H28F3N5O2S/c1-15-28-21(14-35-15)22(34)31-23(30-18-4-2-3-16(13-18)24(25,26)27)29-17-5-7-19(8-6-17)32-11-9-20(33)10-12-32/h2-8,13,15,20-21,28,33H,9-12,14H2,1H3,(H2,29,30,31,34). The largest absolute Gasteiger partial charge is 0.416 e. The number of rotatable bonds is 4. The molecule has 2 fully saturated rings. The van der Waals surface area contributed by atoms with Gasteiger partial charge in [0, 0.05) is 30.2 Å². The lowest BCUT2D eigenvalue weighted by atomic mass is 10.1. The fourth-order valence-corrected chi connectivity index (χ4v) is 4.95. The van der Waals surface area contributed by atoms with Gasteiger partial charge in [-0.25, -0.2) is 4.99 Å². The van der Waals surface area contributed by atoms with Gasteiger partial charge in [0.15, 0.2) is 0 Å². The Bertz CT molecular complexity index is 1060. The first-order chi connectivity index (χ1) is 16.7. The van der Waals surface area contributed by atoms with Crippen LogP contribution in [0.25, 0.3) is 0 Å². The number of guanidine groups is 1. The fourth-order valence-electron chi connectivity index (χ4n) is 3.96. The summed E-state index contributed by atoms with van der Waals surface area (Å²) in [6, 6.07) is 11.7. The van der Waals surface area contributed by atoms with Gasteiger partial charge in [0.05, 0.1) is 28.8 Å². The predicted molar refractivity (Wildman–Crippen MR) is 133 cm³/mol. The first kappa shape index (κ1) is 25.3. The first-order valence-corrected chi connectivity index (χ1v) is 12.5. The van der Waals surface area contributed by atoms with E-state index in [0.717, 1.165) is 30.9 Å². The van der Waals surface area contributed by atoms with Gasteiger partial charge in [0.25, 0.3) is 0 Å². The fraction of sp³-hybridized carbons (Fsp3) is 0.417. The Labute approximate surface area is 206 Å². The average molecular weight is 508 g/mol. The first-order valence-electron chi connectivity index (χ1n) is 11.4. The van der Waals surface area contributed by atoms with Crippen LogP contribution in [0, 0.1) is 0 Å². The normalized spacial score (nSPS) is 21.7. The molecule has 2 aromatic rings. The number of hydrogen-bond donors (Lipinski definition) is 4. The molecule has 1 amide bonds. The summed E-state index contributed by atoms with van der Waals surface area (Å²) in [4.78, 5) is 19.4. The van der Waals surface area contributed by atoms with Crippen LogP contribution < -0.4 is 20.9 Å². The number of aliphatic imine (C=N–C) groups is 1. The summed E-state index contributed by atoms with van der Waals surface area (Å²) in [6.07, 6.45) is -3.33. The van der Waals surface area contributed by atoms with E-state index in [0.29, 0.717) is 24.3 Å². The predicted octanol–water partition coefficient (Wildman–Crippen LogP) is 3.93. The Morgan fingerprint density at radius 3 is 2.51 bits per heavy atom. The average Bonchev–Trinajstić information content (AvgIpc) is 3.26. The number of halogens is 3. The third-order valence-electron chi connectivity index (χ3n) is 5.88. The maximum absolute atomic E-state index is 13.2. The minimum atomic E-state index is -4.49. The second-order valence-corrected chi connectivity index (χ2v) is 9.96. The van der Waals surface area contributed by atoms with E-state index in [4.69, 9.17) is 0 Å². The quantitative estimate of drug-likeness (QED) is 0.371. The second kappa shape index (κ2) is 10.9. The van der Waals surface area contributed by atoms with Gasteiger partial charge in [-0.1, -0.05) is 6.07 Å². The summed E-state index contributed by atoms with van der Waals surface area (Å²) in [5, 5.41) is 18.6. The number of piperidine rings is 1. The maximum Gasteiger partial charge on any atom is 0.416 e. The van der Waals surface area contributed by atoms with Gasteiger partial charge < -0.3 is 15.3 Å². The van der Waals surface area contributed by atoms with Crippen LogP contribution in [0.5, 0.6) is 0 Å². The van der Waals surface area contributed by atoms with Crippen LogP contribution in [0.15, 0.2) is 53.5 Å². The minimum absolute atomic E-state index is 0.0366. The Morgan fingerprint density at radius 1 is 1.17 bits per heavy atom. The zero-order valence-corrected chi connectivity index (χ0v) is 20.0. The summed E-state index contributed by atoms with van der Waals surface area (Å²) in [7, 11) is 0. The van der Waals surface area contributed by atoms with Crippen molar-refractivity contribution in [3.05, 3.63) is 54.1 Å². The van der Waals surface area contributed by atoms with Crippen LogP contribution >= 0.6 is 11.8 Å². The highest BCUT2D eigenvalue weighted by atomic mass is 32.2. The molecule has 0 aliphatic carbocycles. The van der Waals surface area contributed by atoms with E-state index in [1.54, 1.807) is 23.9 Å². The van der Waals surface area contributed by atoms with Crippen LogP contribution in [0.1, 0.15) is 25.3 Å². The highest BCUT2D eigenvalue weighted by Gasteiger charge is 2.31. The van der Waals surface area contributed by atoms with E-state index in [1.807, 2.05) is 19.1 Å². The van der Waals surface area contributed by atoms with E-state index >= 15 is 0 Å². The van der Waals surface area contributed by atoms with Crippen LogP contribution in [0.4, 0.5) is 30.2 Å². The third-order valence-corrected chi connectivity index (χ3v) is 7.04. The number of thioether (sulfide) groups is 1. The molecule has 0 aromatic heterocycles. The number of carbonyl (C=O) groups is 1. The molecular weight excluding hydrogens is 479 g/mol. The van der Waals surface area contributed by atoms with Crippen molar-refractivity contribution in [2.24, 2.45) is 4.99 Å². The number of amides is 1. The van der Waals surface area contributed by atoms with Crippen molar-refractivity contribution in [3.63, 3.8) is 0 Å². The number of hydrogen-bond acceptors (Lipinski definition) is 6. The maximum atomic E-state index is 13.2. The van der Waals surface area contributed by atoms with Crippen molar-refractivity contribution in [3.8, 4) is 0 Å². The summed E-state index contributed by atoms with van der Waals surface area (Å²) in [5.74, 6) is 0.307. The number of anilines is 2. The Morgan fingerprint density at radius 2 is 1.89 bits per heavy atom.